The van der Waals surface area contributed by atoms with E-state index in [9.17, 15) is 14.4 Å². The first-order chi connectivity index (χ1) is 14.9. The van der Waals surface area contributed by atoms with E-state index in [0.29, 0.717) is 23.3 Å². The van der Waals surface area contributed by atoms with Gasteiger partial charge in [-0.2, -0.15) is 0 Å². The molecule has 1 atom stereocenters. The van der Waals surface area contributed by atoms with E-state index in [1.54, 1.807) is 12.1 Å². The number of nitrogens with one attached hydrogen (secondary N) is 1. The van der Waals surface area contributed by atoms with Gasteiger partial charge in [-0.1, -0.05) is 18.6 Å². The van der Waals surface area contributed by atoms with Gasteiger partial charge in [-0.25, -0.2) is 4.79 Å². The molecule has 0 unspecified atom stereocenters. The Bertz CT molecular complexity index is 951. The van der Waals surface area contributed by atoms with Crippen molar-refractivity contribution in [2.24, 2.45) is 0 Å². The molecule has 4 rings (SSSR count). The highest BCUT2D eigenvalue weighted by molar-refractivity contribution is 6.03. The van der Waals surface area contributed by atoms with Gasteiger partial charge in [0.15, 0.2) is 5.78 Å². The predicted molar refractivity (Wildman–Crippen MR) is 115 cm³/mol. The van der Waals surface area contributed by atoms with Gasteiger partial charge in [0.2, 0.25) is 0 Å². The Labute approximate surface area is 182 Å². The first-order valence-corrected chi connectivity index (χ1v) is 11.2. The van der Waals surface area contributed by atoms with E-state index in [0.717, 1.165) is 55.5 Å². The van der Waals surface area contributed by atoms with Crippen LogP contribution in [0.5, 0.6) is 5.75 Å². The van der Waals surface area contributed by atoms with Gasteiger partial charge < -0.3 is 14.8 Å². The Hall–Kier alpha value is -2.89. The van der Waals surface area contributed by atoms with E-state index in [1.165, 1.54) is 13.3 Å². The van der Waals surface area contributed by atoms with Crippen LogP contribution in [0.2, 0.25) is 0 Å². The van der Waals surface area contributed by atoms with E-state index in [4.69, 9.17) is 9.47 Å². The van der Waals surface area contributed by atoms with Crippen molar-refractivity contribution in [1.82, 2.24) is 5.32 Å². The molecule has 0 amide bonds. The monoisotopic (exact) mass is 423 g/mol. The number of carbonyl (C=O) groups excluding carboxylic acids is 3. The number of Topliss-reactive ketones (excluding diaryl/α,β-unsaturated/α-hetero) is 1. The predicted octanol–water partition coefficient (Wildman–Crippen LogP) is 4.46. The average Bonchev–Trinajstić information content (AvgIpc) is 2.74. The van der Waals surface area contributed by atoms with Crippen molar-refractivity contribution in [3.63, 3.8) is 0 Å². The molecule has 3 aliphatic rings. The minimum Gasteiger partial charge on any atom is -0.459 e. The topological polar surface area (TPSA) is 81.7 Å². The molecular formula is C25H29NO5. The van der Waals surface area contributed by atoms with Crippen molar-refractivity contribution < 1.29 is 23.9 Å². The molecule has 0 saturated heterocycles. The number of dihydropyridines is 1. The lowest BCUT2D eigenvalue weighted by molar-refractivity contribution is -0.146. The quantitative estimate of drug-likeness (QED) is 0.569. The fourth-order valence-electron chi connectivity index (χ4n) is 4.88. The Morgan fingerprint density at radius 2 is 1.71 bits per heavy atom. The van der Waals surface area contributed by atoms with Crippen molar-refractivity contribution in [2.75, 3.05) is 0 Å². The third kappa shape index (κ3) is 4.58. The minimum absolute atomic E-state index is 0.0639. The van der Waals surface area contributed by atoms with Gasteiger partial charge >= 0.3 is 11.9 Å². The van der Waals surface area contributed by atoms with Crippen molar-refractivity contribution in [2.45, 2.75) is 77.2 Å². The lowest BCUT2D eigenvalue weighted by Gasteiger charge is -2.35. The summed E-state index contributed by atoms with van der Waals surface area (Å²) >= 11 is 0. The number of benzene rings is 1. The van der Waals surface area contributed by atoms with Crippen molar-refractivity contribution in [1.29, 1.82) is 0 Å². The van der Waals surface area contributed by atoms with Crippen molar-refractivity contribution >= 4 is 17.7 Å². The summed E-state index contributed by atoms with van der Waals surface area (Å²) in [5.74, 6) is -0.725. The molecule has 1 aliphatic heterocycles. The van der Waals surface area contributed by atoms with Gasteiger partial charge in [0.25, 0.3) is 0 Å². The molecule has 1 saturated carbocycles. The van der Waals surface area contributed by atoms with Crippen LogP contribution in [0.15, 0.2) is 46.8 Å². The van der Waals surface area contributed by atoms with Crippen molar-refractivity contribution in [3.8, 4) is 5.75 Å². The fourth-order valence-corrected chi connectivity index (χ4v) is 4.88. The normalized spacial score (nSPS) is 22.0. The number of esters is 2. The number of rotatable bonds is 4. The van der Waals surface area contributed by atoms with Crippen LogP contribution in [0, 0.1) is 0 Å². The summed E-state index contributed by atoms with van der Waals surface area (Å²) < 4.78 is 11.1. The Kier molecular flexibility index (Phi) is 6.25. The number of carbonyl (C=O) groups is 3. The van der Waals surface area contributed by atoms with Gasteiger partial charge in [-0.15, -0.1) is 0 Å². The molecule has 6 nitrogen and oxygen atoms in total. The lowest BCUT2D eigenvalue weighted by atomic mass is 9.75. The fraction of sp³-hybridized carbons (Fsp3) is 0.480. The molecular weight excluding hydrogens is 394 g/mol. The number of hydrogen-bond donors (Lipinski definition) is 1. The Morgan fingerprint density at radius 1 is 1.00 bits per heavy atom. The van der Waals surface area contributed by atoms with Gasteiger partial charge in [0.05, 0.1) is 5.57 Å². The summed E-state index contributed by atoms with van der Waals surface area (Å²) in [5.41, 5.74) is 3.61. The number of ketones is 1. The minimum atomic E-state index is -0.480. The van der Waals surface area contributed by atoms with E-state index < -0.39 is 11.9 Å². The average molecular weight is 424 g/mol. The molecule has 2 aliphatic carbocycles. The summed E-state index contributed by atoms with van der Waals surface area (Å²) in [6, 6.07) is 7.04. The zero-order valence-corrected chi connectivity index (χ0v) is 18.2. The zero-order chi connectivity index (χ0) is 22.0. The van der Waals surface area contributed by atoms with Crippen LogP contribution in [-0.4, -0.2) is 23.8 Å². The summed E-state index contributed by atoms with van der Waals surface area (Å²) in [4.78, 5) is 37.5. The second-order valence-electron chi connectivity index (χ2n) is 8.59. The molecule has 1 fully saturated rings. The second kappa shape index (κ2) is 9.08. The van der Waals surface area contributed by atoms with Crippen LogP contribution in [0.4, 0.5) is 0 Å². The second-order valence-corrected chi connectivity index (χ2v) is 8.59. The third-order valence-corrected chi connectivity index (χ3v) is 6.30. The lowest BCUT2D eigenvalue weighted by Crippen LogP contribution is -2.35. The smallest absolute Gasteiger partial charge is 0.337 e. The van der Waals surface area contributed by atoms with E-state index in [2.05, 4.69) is 5.32 Å². The Balaban J connectivity index is 1.70. The molecule has 0 radical (unpaired) electrons. The summed E-state index contributed by atoms with van der Waals surface area (Å²) in [7, 11) is 0. The number of allylic oxidation sites excluding steroid dienone is 3. The summed E-state index contributed by atoms with van der Waals surface area (Å²) in [6.07, 6.45) is 7.10. The largest absolute Gasteiger partial charge is 0.459 e. The first-order valence-electron chi connectivity index (χ1n) is 11.2. The van der Waals surface area contributed by atoms with E-state index in [1.807, 2.05) is 19.1 Å². The molecule has 1 N–H and O–H groups in total. The number of ether oxygens (including phenoxy) is 2. The van der Waals surface area contributed by atoms with Crippen LogP contribution in [0.1, 0.15) is 76.7 Å². The molecule has 0 bridgehead atoms. The first kappa shape index (κ1) is 21.3. The summed E-state index contributed by atoms with van der Waals surface area (Å²) in [5, 5.41) is 3.32. The molecule has 0 aromatic heterocycles. The number of hydrogen-bond acceptors (Lipinski definition) is 6. The van der Waals surface area contributed by atoms with Gasteiger partial charge in [0.1, 0.15) is 11.9 Å². The third-order valence-electron chi connectivity index (χ3n) is 6.30. The van der Waals surface area contributed by atoms with E-state index >= 15 is 0 Å². The molecule has 1 heterocycles. The maximum Gasteiger partial charge on any atom is 0.337 e. The Morgan fingerprint density at radius 3 is 2.39 bits per heavy atom. The molecule has 6 heteroatoms. The highest BCUT2D eigenvalue weighted by Gasteiger charge is 2.39. The zero-order valence-electron chi connectivity index (χ0n) is 18.2. The standard InChI is InChI=1S/C25H29NO5/c1-15-22(25(29)31-18-7-4-3-5-8-18)23(24-20(26-15)9-6-10-21(24)28)17-11-13-19(14-12-17)30-16(2)27/h11-14,18,23,26H,3-10H2,1-2H3/t23-/m0/s1. The van der Waals surface area contributed by atoms with Gasteiger partial charge in [-0.05, 0) is 63.1 Å². The van der Waals surface area contributed by atoms with Gasteiger partial charge in [-0.3, -0.25) is 9.59 Å². The SMILES string of the molecule is CC(=O)Oc1ccc([C@H]2C(C(=O)OC3CCCCC3)=C(C)NC3=C2C(=O)CCC3)cc1. The maximum absolute atomic E-state index is 13.3. The molecule has 164 valence electrons. The van der Waals surface area contributed by atoms with Crippen LogP contribution in [-0.2, 0) is 19.1 Å². The van der Waals surface area contributed by atoms with Crippen LogP contribution in [0.25, 0.3) is 0 Å². The highest BCUT2D eigenvalue weighted by atomic mass is 16.5. The van der Waals surface area contributed by atoms with E-state index in [-0.39, 0.29) is 17.9 Å². The molecule has 31 heavy (non-hydrogen) atoms. The maximum atomic E-state index is 13.3. The highest BCUT2D eigenvalue weighted by Crippen LogP contribution is 2.43. The van der Waals surface area contributed by atoms with Crippen molar-refractivity contribution in [3.05, 3.63) is 52.4 Å². The van der Waals surface area contributed by atoms with Crippen LogP contribution < -0.4 is 10.1 Å². The van der Waals surface area contributed by atoms with Crippen LogP contribution in [0.3, 0.4) is 0 Å². The molecule has 1 aromatic carbocycles. The van der Waals surface area contributed by atoms with Gasteiger partial charge in [0, 0.05) is 36.2 Å². The molecule has 0 spiro atoms. The molecule has 1 aromatic rings. The summed E-state index contributed by atoms with van der Waals surface area (Å²) in [6.45, 7) is 3.23. The van der Waals surface area contributed by atoms with Crippen LogP contribution >= 0.6 is 0 Å².